The molecule has 0 bridgehead atoms. The monoisotopic (exact) mass is 393 g/mol. The number of ether oxygens (including phenoxy) is 1. The standard InChI is InChI=1S/C14H14BrCl2NOS/c1-9-2-5-20-14(9)8-18-3-4-19-13-7-11(16)10(15)6-12(13)17/h2,5-7,18H,3-4,8H2,1H3. The van der Waals surface area contributed by atoms with Crippen LogP contribution in [0.15, 0.2) is 28.1 Å². The smallest absolute Gasteiger partial charge is 0.139 e. The summed E-state index contributed by atoms with van der Waals surface area (Å²) in [5.41, 5.74) is 1.33. The summed E-state index contributed by atoms with van der Waals surface area (Å²) < 4.78 is 6.39. The summed E-state index contributed by atoms with van der Waals surface area (Å²) in [6, 6.07) is 5.58. The zero-order valence-electron chi connectivity index (χ0n) is 10.9. The average molecular weight is 395 g/mol. The van der Waals surface area contributed by atoms with Crippen LogP contribution in [0.25, 0.3) is 0 Å². The molecule has 2 aromatic rings. The van der Waals surface area contributed by atoms with Crippen molar-refractivity contribution in [1.29, 1.82) is 0 Å². The van der Waals surface area contributed by atoms with Gasteiger partial charge in [-0.3, -0.25) is 0 Å². The third-order valence-electron chi connectivity index (χ3n) is 2.76. The summed E-state index contributed by atoms with van der Waals surface area (Å²) >= 11 is 17.2. The molecule has 0 saturated heterocycles. The van der Waals surface area contributed by atoms with Crippen LogP contribution in [0.5, 0.6) is 5.75 Å². The zero-order valence-corrected chi connectivity index (χ0v) is 14.8. The highest BCUT2D eigenvalue weighted by Gasteiger charge is 2.06. The normalized spacial score (nSPS) is 10.8. The van der Waals surface area contributed by atoms with Crippen LogP contribution < -0.4 is 10.1 Å². The molecule has 0 spiro atoms. The van der Waals surface area contributed by atoms with E-state index in [1.807, 2.05) is 0 Å². The Morgan fingerprint density at radius 1 is 1.30 bits per heavy atom. The molecule has 2 rings (SSSR count). The zero-order chi connectivity index (χ0) is 14.5. The van der Waals surface area contributed by atoms with E-state index < -0.39 is 0 Å². The molecule has 1 aromatic carbocycles. The fourth-order valence-corrected chi connectivity index (χ4v) is 3.36. The summed E-state index contributed by atoms with van der Waals surface area (Å²) in [5.74, 6) is 0.606. The molecule has 108 valence electrons. The average Bonchev–Trinajstić information content (AvgIpc) is 2.80. The van der Waals surface area contributed by atoms with Crippen LogP contribution in [0.4, 0.5) is 0 Å². The van der Waals surface area contributed by atoms with Crippen LogP contribution in [-0.4, -0.2) is 13.2 Å². The van der Waals surface area contributed by atoms with Crippen LogP contribution in [0.1, 0.15) is 10.4 Å². The van der Waals surface area contributed by atoms with Gasteiger partial charge in [-0.1, -0.05) is 23.2 Å². The summed E-state index contributed by atoms with van der Waals surface area (Å²) in [4.78, 5) is 1.36. The van der Waals surface area contributed by atoms with Gasteiger partial charge >= 0.3 is 0 Å². The first-order valence-corrected chi connectivity index (χ1v) is 8.52. The van der Waals surface area contributed by atoms with Crippen molar-refractivity contribution in [3.8, 4) is 5.75 Å². The maximum Gasteiger partial charge on any atom is 0.139 e. The molecule has 2 nitrogen and oxygen atoms in total. The van der Waals surface area contributed by atoms with Gasteiger partial charge in [0.2, 0.25) is 0 Å². The van der Waals surface area contributed by atoms with E-state index in [-0.39, 0.29) is 0 Å². The molecule has 1 N–H and O–H groups in total. The Morgan fingerprint density at radius 3 is 2.80 bits per heavy atom. The summed E-state index contributed by atoms with van der Waals surface area (Å²) in [7, 11) is 0. The first-order chi connectivity index (χ1) is 9.58. The van der Waals surface area contributed by atoms with Crippen molar-refractivity contribution >= 4 is 50.5 Å². The molecule has 0 amide bonds. The van der Waals surface area contributed by atoms with Crippen LogP contribution >= 0.6 is 50.5 Å². The molecule has 0 atom stereocenters. The molecular weight excluding hydrogens is 381 g/mol. The Hall–Kier alpha value is -0.260. The second kappa shape index (κ2) is 7.66. The molecule has 0 radical (unpaired) electrons. The lowest BCUT2D eigenvalue weighted by atomic mass is 10.3. The van der Waals surface area contributed by atoms with Gasteiger partial charge in [0.05, 0.1) is 10.0 Å². The van der Waals surface area contributed by atoms with Crippen LogP contribution in [0, 0.1) is 6.92 Å². The first kappa shape index (κ1) is 16.1. The topological polar surface area (TPSA) is 21.3 Å². The lowest BCUT2D eigenvalue weighted by Crippen LogP contribution is -2.20. The van der Waals surface area contributed by atoms with Crippen molar-refractivity contribution in [3.63, 3.8) is 0 Å². The minimum Gasteiger partial charge on any atom is -0.491 e. The highest BCUT2D eigenvalue weighted by atomic mass is 79.9. The van der Waals surface area contributed by atoms with Gasteiger partial charge in [-0.05, 0) is 45.9 Å². The minimum atomic E-state index is 0.544. The van der Waals surface area contributed by atoms with Crippen molar-refractivity contribution in [2.75, 3.05) is 13.2 Å². The lowest BCUT2D eigenvalue weighted by molar-refractivity contribution is 0.314. The molecule has 1 heterocycles. The number of hydrogen-bond donors (Lipinski definition) is 1. The number of hydrogen-bond acceptors (Lipinski definition) is 3. The maximum atomic E-state index is 6.08. The largest absolute Gasteiger partial charge is 0.491 e. The third kappa shape index (κ3) is 4.37. The van der Waals surface area contributed by atoms with E-state index in [0.717, 1.165) is 17.6 Å². The molecule has 6 heteroatoms. The van der Waals surface area contributed by atoms with Crippen LogP contribution in [-0.2, 0) is 6.54 Å². The number of aryl methyl sites for hydroxylation is 1. The highest BCUT2D eigenvalue weighted by Crippen LogP contribution is 2.33. The molecule has 1 aromatic heterocycles. The predicted molar refractivity (Wildman–Crippen MR) is 90.4 cm³/mol. The van der Waals surface area contributed by atoms with E-state index in [4.69, 9.17) is 27.9 Å². The fraction of sp³-hybridized carbons (Fsp3) is 0.286. The SMILES string of the molecule is Cc1ccsc1CNCCOc1cc(Cl)c(Br)cc1Cl. The van der Waals surface area contributed by atoms with E-state index in [1.165, 1.54) is 10.4 Å². The van der Waals surface area contributed by atoms with Gasteiger partial charge < -0.3 is 10.1 Å². The molecule has 0 aliphatic rings. The van der Waals surface area contributed by atoms with E-state index in [0.29, 0.717) is 22.4 Å². The van der Waals surface area contributed by atoms with E-state index in [9.17, 15) is 0 Å². The quantitative estimate of drug-likeness (QED) is 0.530. The number of thiophene rings is 1. The molecule has 0 saturated carbocycles. The van der Waals surface area contributed by atoms with Gasteiger partial charge in [0.25, 0.3) is 0 Å². The maximum absolute atomic E-state index is 6.08. The van der Waals surface area contributed by atoms with Crippen LogP contribution in [0.3, 0.4) is 0 Å². The van der Waals surface area contributed by atoms with E-state index in [2.05, 4.69) is 39.6 Å². The van der Waals surface area contributed by atoms with Crippen LogP contribution in [0.2, 0.25) is 10.0 Å². The van der Waals surface area contributed by atoms with Gasteiger partial charge in [-0.25, -0.2) is 0 Å². The minimum absolute atomic E-state index is 0.544. The Labute approximate surface area is 141 Å². The van der Waals surface area contributed by atoms with E-state index >= 15 is 0 Å². The summed E-state index contributed by atoms with van der Waals surface area (Å²) in [6.07, 6.45) is 0. The van der Waals surface area contributed by atoms with Crippen molar-refractivity contribution in [2.45, 2.75) is 13.5 Å². The van der Waals surface area contributed by atoms with Crippen molar-refractivity contribution in [3.05, 3.63) is 48.5 Å². The van der Waals surface area contributed by atoms with Gasteiger partial charge in [-0.2, -0.15) is 0 Å². The molecule has 0 unspecified atom stereocenters. The Kier molecular flexibility index (Phi) is 6.18. The van der Waals surface area contributed by atoms with Crippen molar-refractivity contribution in [1.82, 2.24) is 5.32 Å². The second-order valence-corrected chi connectivity index (χ2v) is 6.92. The van der Waals surface area contributed by atoms with Gasteiger partial charge in [0, 0.05) is 28.5 Å². The van der Waals surface area contributed by atoms with Gasteiger partial charge in [0.1, 0.15) is 12.4 Å². The Balaban J connectivity index is 1.76. The number of rotatable bonds is 6. The Bertz CT molecular complexity index is 589. The van der Waals surface area contributed by atoms with Gasteiger partial charge in [0.15, 0.2) is 0 Å². The summed E-state index contributed by atoms with van der Waals surface area (Å²) in [6.45, 7) is 4.28. The fourth-order valence-electron chi connectivity index (χ4n) is 1.64. The second-order valence-electron chi connectivity index (χ2n) is 4.25. The molecular formula is C14H14BrCl2NOS. The predicted octanol–water partition coefficient (Wildman–Crippen LogP) is 5.29. The molecule has 0 aliphatic carbocycles. The molecule has 0 aliphatic heterocycles. The number of nitrogens with one attached hydrogen (secondary N) is 1. The van der Waals surface area contributed by atoms with E-state index in [1.54, 1.807) is 23.5 Å². The number of benzene rings is 1. The lowest BCUT2D eigenvalue weighted by Gasteiger charge is -2.10. The van der Waals surface area contributed by atoms with Crippen molar-refractivity contribution < 1.29 is 4.74 Å². The highest BCUT2D eigenvalue weighted by molar-refractivity contribution is 9.10. The van der Waals surface area contributed by atoms with Gasteiger partial charge in [-0.15, -0.1) is 11.3 Å². The Morgan fingerprint density at radius 2 is 2.10 bits per heavy atom. The molecule has 0 fully saturated rings. The van der Waals surface area contributed by atoms with Crippen molar-refractivity contribution in [2.24, 2.45) is 0 Å². The number of halogens is 3. The third-order valence-corrected chi connectivity index (χ3v) is 5.28. The molecule has 20 heavy (non-hydrogen) atoms. The summed E-state index contributed by atoms with van der Waals surface area (Å²) in [5, 5.41) is 6.59. The first-order valence-electron chi connectivity index (χ1n) is 6.09.